The molecule has 1 heterocycles. The number of sulfone groups is 1. The van der Waals surface area contributed by atoms with Crippen LogP contribution in [0.4, 0.5) is 0 Å². The summed E-state index contributed by atoms with van der Waals surface area (Å²) in [5.74, 6) is 0.366. The molecule has 0 saturated carbocycles. The zero-order valence-electron chi connectivity index (χ0n) is 8.08. The Morgan fingerprint density at radius 1 is 1.25 bits per heavy atom. The average molecular weight is 190 g/mol. The standard InChI is InChI=1S/C9H18O2S/c1-4-8-6-7(3)9(5-2)12(8,10)11/h7-9H,4-6H2,1-3H3. The summed E-state index contributed by atoms with van der Waals surface area (Å²) in [5.41, 5.74) is 0. The van der Waals surface area contributed by atoms with Gasteiger partial charge in [0.05, 0.1) is 10.5 Å². The van der Waals surface area contributed by atoms with Crippen LogP contribution >= 0.6 is 0 Å². The van der Waals surface area contributed by atoms with Gasteiger partial charge in [-0.25, -0.2) is 8.42 Å². The fourth-order valence-corrected chi connectivity index (χ4v) is 5.06. The highest BCUT2D eigenvalue weighted by Gasteiger charge is 2.43. The summed E-state index contributed by atoms with van der Waals surface area (Å²) in [6.45, 7) is 5.99. The van der Waals surface area contributed by atoms with Crippen LogP contribution in [-0.4, -0.2) is 18.9 Å². The van der Waals surface area contributed by atoms with Crippen LogP contribution < -0.4 is 0 Å². The van der Waals surface area contributed by atoms with Crippen molar-refractivity contribution in [2.24, 2.45) is 5.92 Å². The molecule has 0 amide bonds. The number of hydrogen-bond donors (Lipinski definition) is 0. The molecule has 3 unspecified atom stereocenters. The molecule has 0 aliphatic carbocycles. The molecular weight excluding hydrogens is 172 g/mol. The van der Waals surface area contributed by atoms with Crippen LogP contribution in [0.2, 0.25) is 0 Å². The van der Waals surface area contributed by atoms with Gasteiger partial charge in [0.2, 0.25) is 0 Å². The topological polar surface area (TPSA) is 34.1 Å². The van der Waals surface area contributed by atoms with Crippen molar-refractivity contribution in [1.29, 1.82) is 0 Å². The van der Waals surface area contributed by atoms with Gasteiger partial charge in [-0.2, -0.15) is 0 Å². The minimum Gasteiger partial charge on any atom is -0.228 e. The summed E-state index contributed by atoms with van der Waals surface area (Å²) in [6, 6.07) is 0. The Balaban J connectivity index is 2.92. The summed E-state index contributed by atoms with van der Waals surface area (Å²) >= 11 is 0. The first-order valence-corrected chi connectivity index (χ1v) is 6.37. The van der Waals surface area contributed by atoms with E-state index in [0.717, 1.165) is 19.3 Å². The van der Waals surface area contributed by atoms with E-state index in [1.165, 1.54) is 0 Å². The second-order valence-electron chi connectivity index (χ2n) is 3.78. The lowest BCUT2D eigenvalue weighted by Crippen LogP contribution is -2.23. The third-order valence-electron chi connectivity index (χ3n) is 3.01. The van der Waals surface area contributed by atoms with E-state index in [0.29, 0.717) is 5.92 Å². The lowest BCUT2D eigenvalue weighted by Gasteiger charge is -2.11. The van der Waals surface area contributed by atoms with Crippen LogP contribution in [0.5, 0.6) is 0 Å². The van der Waals surface area contributed by atoms with E-state index in [4.69, 9.17) is 0 Å². The molecule has 1 saturated heterocycles. The predicted molar refractivity (Wildman–Crippen MR) is 50.9 cm³/mol. The van der Waals surface area contributed by atoms with E-state index in [9.17, 15) is 8.42 Å². The second-order valence-corrected chi connectivity index (χ2v) is 6.23. The maximum Gasteiger partial charge on any atom is 0.156 e. The van der Waals surface area contributed by atoms with Crippen LogP contribution in [0.1, 0.15) is 40.0 Å². The molecule has 0 radical (unpaired) electrons. The molecule has 0 aromatic carbocycles. The molecule has 0 bridgehead atoms. The monoisotopic (exact) mass is 190 g/mol. The summed E-state index contributed by atoms with van der Waals surface area (Å²) in [6.07, 6.45) is 2.43. The van der Waals surface area contributed by atoms with Gasteiger partial charge in [-0.3, -0.25) is 0 Å². The fraction of sp³-hybridized carbons (Fsp3) is 1.00. The summed E-state index contributed by atoms with van der Waals surface area (Å²) < 4.78 is 23.5. The normalized spacial score (nSPS) is 40.1. The zero-order valence-corrected chi connectivity index (χ0v) is 8.89. The van der Waals surface area contributed by atoms with Gasteiger partial charge in [0.15, 0.2) is 9.84 Å². The second kappa shape index (κ2) is 3.36. The first kappa shape index (κ1) is 10.0. The predicted octanol–water partition coefficient (Wildman–Crippen LogP) is 2.00. The Morgan fingerprint density at radius 2 is 1.83 bits per heavy atom. The van der Waals surface area contributed by atoms with Gasteiger partial charge < -0.3 is 0 Å². The first-order valence-electron chi connectivity index (χ1n) is 4.76. The molecule has 12 heavy (non-hydrogen) atoms. The van der Waals surface area contributed by atoms with E-state index < -0.39 is 9.84 Å². The maximum atomic E-state index is 11.8. The smallest absolute Gasteiger partial charge is 0.156 e. The fourth-order valence-electron chi connectivity index (χ4n) is 2.31. The van der Waals surface area contributed by atoms with Gasteiger partial charge in [0.1, 0.15) is 0 Å². The van der Waals surface area contributed by atoms with Crippen molar-refractivity contribution in [1.82, 2.24) is 0 Å². The van der Waals surface area contributed by atoms with Gasteiger partial charge in [-0.15, -0.1) is 0 Å². The Labute approximate surface area is 75.3 Å². The quantitative estimate of drug-likeness (QED) is 0.667. The van der Waals surface area contributed by atoms with Crippen molar-refractivity contribution in [3.8, 4) is 0 Å². The SMILES string of the molecule is CCC1CC(C)C(CC)S1(=O)=O. The lowest BCUT2D eigenvalue weighted by atomic mass is 10.00. The third-order valence-corrected chi connectivity index (χ3v) is 6.11. The Kier molecular flexibility index (Phi) is 2.81. The van der Waals surface area contributed by atoms with Crippen LogP contribution in [-0.2, 0) is 9.84 Å². The van der Waals surface area contributed by atoms with E-state index in [1.54, 1.807) is 0 Å². The molecule has 1 aliphatic heterocycles. The molecule has 1 fully saturated rings. The van der Waals surface area contributed by atoms with E-state index in [-0.39, 0.29) is 10.5 Å². The molecule has 0 aromatic heterocycles. The Morgan fingerprint density at radius 3 is 2.08 bits per heavy atom. The molecule has 2 nitrogen and oxygen atoms in total. The van der Waals surface area contributed by atoms with Crippen molar-refractivity contribution < 1.29 is 8.42 Å². The van der Waals surface area contributed by atoms with E-state index in [1.807, 2.05) is 13.8 Å². The maximum absolute atomic E-state index is 11.8. The third kappa shape index (κ3) is 1.39. The van der Waals surface area contributed by atoms with Crippen molar-refractivity contribution >= 4 is 9.84 Å². The highest BCUT2D eigenvalue weighted by Crippen LogP contribution is 2.35. The number of hydrogen-bond acceptors (Lipinski definition) is 2. The zero-order chi connectivity index (χ0) is 9.35. The van der Waals surface area contributed by atoms with E-state index >= 15 is 0 Å². The summed E-state index contributed by atoms with van der Waals surface area (Å²) in [5, 5.41) is -0.125. The van der Waals surface area contributed by atoms with E-state index in [2.05, 4.69) is 6.92 Å². The highest BCUT2D eigenvalue weighted by atomic mass is 32.2. The molecule has 3 atom stereocenters. The molecule has 0 N–H and O–H groups in total. The highest BCUT2D eigenvalue weighted by molar-refractivity contribution is 7.92. The average Bonchev–Trinajstić information content (AvgIpc) is 2.21. The van der Waals surface area contributed by atoms with Crippen molar-refractivity contribution in [2.45, 2.75) is 50.5 Å². The Bertz CT molecular complexity index is 243. The largest absolute Gasteiger partial charge is 0.228 e. The Hall–Kier alpha value is -0.0500. The molecule has 72 valence electrons. The molecule has 3 heteroatoms. The number of rotatable bonds is 2. The minimum atomic E-state index is -2.78. The molecular formula is C9H18O2S. The van der Waals surface area contributed by atoms with Gasteiger partial charge in [-0.1, -0.05) is 20.8 Å². The van der Waals surface area contributed by atoms with Crippen LogP contribution in [0.15, 0.2) is 0 Å². The van der Waals surface area contributed by atoms with Crippen molar-refractivity contribution in [3.05, 3.63) is 0 Å². The van der Waals surface area contributed by atoms with Gasteiger partial charge in [-0.05, 0) is 25.2 Å². The van der Waals surface area contributed by atoms with Gasteiger partial charge in [0.25, 0.3) is 0 Å². The molecule has 0 spiro atoms. The van der Waals surface area contributed by atoms with Crippen molar-refractivity contribution in [3.63, 3.8) is 0 Å². The van der Waals surface area contributed by atoms with Gasteiger partial charge >= 0.3 is 0 Å². The van der Waals surface area contributed by atoms with Crippen LogP contribution in [0, 0.1) is 5.92 Å². The van der Waals surface area contributed by atoms with Crippen LogP contribution in [0.3, 0.4) is 0 Å². The lowest BCUT2D eigenvalue weighted by molar-refractivity contribution is 0.517. The molecule has 1 aliphatic rings. The first-order chi connectivity index (χ1) is 5.54. The van der Waals surface area contributed by atoms with Crippen LogP contribution in [0.25, 0.3) is 0 Å². The molecule has 1 rings (SSSR count). The summed E-state index contributed by atoms with van der Waals surface area (Å²) in [4.78, 5) is 0. The van der Waals surface area contributed by atoms with Gasteiger partial charge in [0, 0.05) is 0 Å². The molecule has 0 aromatic rings. The minimum absolute atomic E-state index is 0.0579. The van der Waals surface area contributed by atoms with Crippen molar-refractivity contribution in [2.75, 3.05) is 0 Å². The summed E-state index contributed by atoms with van der Waals surface area (Å²) in [7, 11) is -2.78.